The molecular formula is C55H86N6O12. The molecule has 0 radical (unpaired) electrons. The Labute approximate surface area is 434 Å². The van der Waals surface area contributed by atoms with Crippen molar-refractivity contribution >= 4 is 52.3 Å². The van der Waals surface area contributed by atoms with Crippen LogP contribution in [-0.2, 0) is 59.0 Å². The van der Waals surface area contributed by atoms with Crippen LogP contribution in [0.15, 0.2) is 29.1 Å². The third-order valence-corrected chi connectivity index (χ3v) is 11.1. The van der Waals surface area contributed by atoms with Gasteiger partial charge < -0.3 is 29.0 Å². The van der Waals surface area contributed by atoms with Gasteiger partial charge in [0.2, 0.25) is 5.91 Å². The average molecular weight is 1020 g/mol. The van der Waals surface area contributed by atoms with E-state index in [2.05, 4.69) is 11.2 Å². The molecule has 73 heavy (non-hydrogen) atoms. The lowest BCUT2D eigenvalue weighted by molar-refractivity contribution is -0.162. The van der Waals surface area contributed by atoms with Crippen molar-refractivity contribution < 1.29 is 52.5 Å². The van der Waals surface area contributed by atoms with Crippen molar-refractivity contribution in [3.8, 4) is 12.3 Å². The molecule has 0 bridgehead atoms. The number of nitrogens with zero attached hydrogens (tertiary/aromatic N) is 5. The summed E-state index contributed by atoms with van der Waals surface area (Å²) in [6.07, 6.45) is 8.45. The van der Waals surface area contributed by atoms with E-state index in [-0.39, 0.29) is 95.5 Å². The van der Waals surface area contributed by atoms with Crippen LogP contribution in [0.3, 0.4) is 0 Å². The number of aryl methyl sites for hydroxylation is 1. The van der Waals surface area contributed by atoms with Gasteiger partial charge in [0.05, 0.1) is 51.3 Å². The number of carbonyl (C=O) groups is 6. The molecule has 1 heterocycles. The summed E-state index contributed by atoms with van der Waals surface area (Å²) in [5, 5.41) is 3.84. The number of hydrogen-bond donors (Lipinski definition) is 1. The number of benzene rings is 1. The number of anilines is 1. The maximum Gasteiger partial charge on any atom is 0.320 e. The normalized spacial score (nSPS) is 15.8. The van der Waals surface area contributed by atoms with E-state index in [1.54, 1.807) is 126 Å². The van der Waals surface area contributed by atoms with Crippen molar-refractivity contribution in [3.05, 3.63) is 40.2 Å². The zero-order chi connectivity index (χ0) is 55.3. The Kier molecular flexibility index (Phi) is 22.3. The first-order valence-electron chi connectivity index (χ1n) is 25.4. The molecule has 18 heteroatoms. The SMILES string of the molecule is C#CCn1c(=O)cc(C)c2ccc(NC(=O)CN(CCN(CC(=O)OC(C)(C)C)CC(=O)OC(C)(C)C)[C@H]3CCCC[C@@H]3N(CCN(CC(=O)OC(C)(C)C)CC(=O)OC(C)(C)C)CC(=O)OC(C)(C)C)cc21. The van der Waals surface area contributed by atoms with Crippen molar-refractivity contribution in [2.75, 3.05) is 70.8 Å². The zero-order valence-corrected chi connectivity index (χ0v) is 46.8. The number of aromatic nitrogens is 1. The van der Waals surface area contributed by atoms with Gasteiger partial charge in [-0.2, -0.15) is 0 Å². The Morgan fingerprint density at radius 3 is 1.32 bits per heavy atom. The number of terminal acetylenes is 1. The summed E-state index contributed by atoms with van der Waals surface area (Å²) < 4.78 is 30.0. The van der Waals surface area contributed by atoms with E-state index in [1.165, 1.54) is 10.6 Å². The van der Waals surface area contributed by atoms with E-state index in [0.29, 0.717) is 24.0 Å². The highest BCUT2D eigenvalue weighted by Gasteiger charge is 2.38. The first kappa shape index (κ1) is 61.9. The topological polar surface area (TPSA) is 196 Å². The molecule has 0 spiro atoms. The molecule has 3 rings (SSSR count). The van der Waals surface area contributed by atoms with Crippen molar-refractivity contribution in [3.63, 3.8) is 0 Å². The molecule has 1 fully saturated rings. The predicted molar refractivity (Wildman–Crippen MR) is 282 cm³/mol. The fourth-order valence-electron chi connectivity index (χ4n) is 8.67. The van der Waals surface area contributed by atoms with Crippen LogP contribution in [-0.4, -0.2) is 165 Å². The molecule has 1 aliphatic carbocycles. The maximum atomic E-state index is 14.5. The number of pyridine rings is 1. The minimum atomic E-state index is -0.805. The van der Waals surface area contributed by atoms with Crippen molar-refractivity contribution in [1.82, 2.24) is 24.2 Å². The van der Waals surface area contributed by atoms with Gasteiger partial charge >= 0.3 is 29.8 Å². The lowest BCUT2D eigenvalue weighted by Crippen LogP contribution is -2.58. The first-order valence-corrected chi connectivity index (χ1v) is 25.4. The number of ether oxygens (including phenoxy) is 5. The van der Waals surface area contributed by atoms with Crippen LogP contribution < -0.4 is 10.9 Å². The highest BCUT2D eigenvalue weighted by atomic mass is 16.6. The molecule has 1 amide bonds. The summed E-state index contributed by atoms with van der Waals surface area (Å²) in [4.78, 5) is 102. The predicted octanol–water partition coefficient (Wildman–Crippen LogP) is 6.11. The molecule has 0 saturated heterocycles. The van der Waals surface area contributed by atoms with Crippen molar-refractivity contribution in [2.24, 2.45) is 0 Å². The van der Waals surface area contributed by atoms with Gasteiger partial charge in [-0.1, -0.05) is 24.8 Å². The number of esters is 5. The lowest BCUT2D eigenvalue weighted by atomic mass is 9.87. The number of nitrogens with one attached hydrogen (secondary N) is 1. The van der Waals surface area contributed by atoms with Crippen LogP contribution >= 0.6 is 0 Å². The third-order valence-electron chi connectivity index (χ3n) is 11.1. The first-order chi connectivity index (χ1) is 33.5. The molecule has 1 saturated carbocycles. The molecule has 1 aliphatic rings. The van der Waals surface area contributed by atoms with E-state index in [1.807, 2.05) is 22.8 Å². The monoisotopic (exact) mass is 1020 g/mol. The lowest BCUT2D eigenvalue weighted by Gasteiger charge is -2.45. The summed E-state index contributed by atoms with van der Waals surface area (Å²) in [6.45, 7) is 27.8. The number of fused-ring (bicyclic) bond motifs is 1. The summed E-state index contributed by atoms with van der Waals surface area (Å²) in [5.41, 5.74) is -2.46. The molecule has 1 N–H and O–H groups in total. The zero-order valence-electron chi connectivity index (χ0n) is 46.8. The number of carbonyl (C=O) groups excluding carboxylic acids is 6. The van der Waals surface area contributed by atoms with Gasteiger partial charge in [-0.05, 0) is 141 Å². The smallest absolute Gasteiger partial charge is 0.320 e. The standard InChI is InChI=1S/C55H86N6O12/c1-18-25-61-43-31-39(23-24-40(43)38(2)30-45(61)63)56-44(62)32-59(28-26-57(33-46(64)69-51(3,4)5)34-47(65)70-52(6,7)8)41-21-19-20-22-42(41)60(37-50(68)73-55(15,16)17)29-27-58(35-48(66)71-53(9,10)11)36-49(67)72-54(12,13)14/h1,23-24,30-31,41-42H,19-22,25-29,32-37H2,2-17H3,(H,56,62)/t41-,42-/m0/s1. The summed E-state index contributed by atoms with van der Waals surface area (Å²) in [5.74, 6) is -0.487. The Balaban J connectivity index is 2.15. The molecule has 2 atom stereocenters. The van der Waals surface area contributed by atoms with E-state index in [9.17, 15) is 33.6 Å². The highest BCUT2D eigenvalue weighted by molar-refractivity contribution is 5.95. The molecule has 2 aromatic rings. The fourth-order valence-corrected chi connectivity index (χ4v) is 8.67. The van der Waals surface area contributed by atoms with E-state index in [0.717, 1.165) is 23.8 Å². The average Bonchev–Trinajstić information content (AvgIpc) is 3.18. The van der Waals surface area contributed by atoms with E-state index < -0.39 is 57.9 Å². The fraction of sp³-hybridized carbons (Fsp3) is 0.691. The van der Waals surface area contributed by atoms with Gasteiger partial charge in [-0.3, -0.25) is 57.7 Å². The largest absolute Gasteiger partial charge is 0.459 e. The molecule has 1 aromatic carbocycles. The van der Waals surface area contributed by atoms with Crippen LogP contribution in [0.25, 0.3) is 10.9 Å². The van der Waals surface area contributed by atoms with Gasteiger partial charge in [-0.25, -0.2) is 0 Å². The van der Waals surface area contributed by atoms with Gasteiger partial charge in [0.25, 0.3) is 5.56 Å². The second kappa shape index (κ2) is 26.2. The van der Waals surface area contributed by atoms with Crippen molar-refractivity contribution in [2.45, 2.75) is 183 Å². The quantitative estimate of drug-likeness (QED) is 0.0806. The van der Waals surface area contributed by atoms with Crippen LogP contribution in [0, 0.1) is 19.3 Å². The highest BCUT2D eigenvalue weighted by Crippen LogP contribution is 2.29. The van der Waals surface area contributed by atoms with E-state index in [4.69, 9.17) is 30.1 Å². The van der Waals surface area contributed by atoms with Crippen molar-refractivity contribution in [1.29, 1.82) is 0 Å². The van der Waals surface area contributed by atoms with Crippen LogP contribution in [0.2, 0.25) is 0 Å². The number of rotatable bonds is 22. The van der Waals surface area contributed by atoms with Crippen LogP contribution in [0.1, 0.15) is 135 Å². The maximum absolute atomic E-state index is 14.5. The Morgan fingerprint density at radius 2 is 0.945 bits per heavy atom. The minimum absolute atomic E-state index is 0.0342. The number of amides is 1. The van der Waals surface area contributed by atoms with Crippen LogP contribution in [0.5, 0.6) is 0 Å². The second-order valence-electron chi connectivity index (χ2n) is 23.9. The molecule has 0 aliphatic heterocycles. The Morgan fingerprint density at radius 1 is 0.575 bits per heavy atom. The van der Waals surface area contributed by atoms with E-state index >= 15 is 0 Å². The summed E-state index contributed by atoms with van der Waals surface area (Å²) in [7, 11) is 0. The molecule has 408 valence electrons. The Hall–Kier alpha value is -5.35. The third kappa shape index (κ3) is 23.6. The summed E-state index contributed by atoms with van der Waals surface area (Å²) >= 11 is 0. The van der Waals surface area contributed by atoms with Gasteiger partial charge in [-0.15, -0.1) is 6.42 Å². The minimum Gasteiger partial charge on any atom is -0.459 e. The van der Waals surface area contributed by atoms with Gasteiger partial charge in [0, 0.05) is 55.4 Å². The van der Waals surface area contributed by atoms with Crippen LogP contribution in [0.4, 0.5) is 5.69 Å². The molecule has 1 aromatic heterocycles. The summed E-state index contributed by atoms with van der Waals surface area (Å²) in [6, 6.07) is 6.09. The second-order valence-corrected chi connectivity index (χ2v) is 23.9. The molecular weight excluding hydrogens is 937 g/mol. The van der Waals surface area contributed by atoms with Gasteiger partial charge in [0.1, 0.15) is 28.0 Å². The van der Waals surface area contributed by atoms with Gasteiger partial charge in [0.15, 0.2) is 0 Å². The Bertz CT molecular complexity index is 2280. The number of hydrogen-bond acceptors (Lipinski definition) is 16. The molecule has 0 unspecified atom stereocenters. The molecule has 18 nitrogen and oxygen atoms in total.